The Bertz CT molecular complexity index is 837. The predicted molar refractivity (Wildman–Crippen MR) is 96.1 cm³/mol. The number of hydrogen-bond donors (Lipinski definition) is 2. The van der Waals surface area contributed by atoms with Crippen molar-refractivity contribution in [3.8, 4) is 5.75 Å². The van der Waals surface area contributed by atoms with Crippen LogP contribution < -0.4 is 15.4 Å². The molecule has 1 aromatic carbocycles. The van der Waals surface area contributed by atoms with Crippen LogP contribution in [0.3, 0.4) is 0 Å². The second-order valence-electron chi connectivity index (χ2n) is 6.49. The zero-order valence-electron chi connectivity index (χ0n) is 15.1. The summed E-state index contributed by atoms with van der Waals surface area (Å²) in [5.74, 6) is -1.68. The molecule has 1 saturated heterocycles. The normalized spacial score (nSPS) is 20.5. The van der Waals surface area contributed by atoms with Crippen LogP contribution >= 0.6 is 0 Å². The van der Waals surface area contributed by atoms with Crippen molar-refractivity contribution < 1.29 is 32.3 Å². The van der Waals surface area contributed by atoms with Crippen molar-refractivity contribution in [1.82, 2.24) is 10.6 Å². The number of amides is 2. The highest BCUT2D eigenvalue weighted by molar-refractivity contribution is 7.91. The van der Waals surface area contributed by atoms with Crippen molar-refractivity contribution in [3.63, 3.8) is 0 Å². The van der Waals surface area contributed by atoms with E-state index >= 15 is 0 Å². The molecule has 1 heterocycles. The largest absolute Gasteiger partial charge is 0.496 e. The SMILES string of the molecule is COc1ccccc1C(=O)NCC(=O)OCC(=O)N[C@@]1(C)CCS(=O)(=O)C1. The van der Waals surface area contributed by atoms with E-state index in [1.54, 1.807) is 31.2 Å². The zero-order valence-corrected chi connectivity index (χ0v) is 15.9. The molecule has 148 valence electrons. The molecule has 1 aromatic rings. The molecule has 2 amide bonds. The molecule has 0 spiro atoms. The van der Waals surface area contributed by atoms with E-state index in [1.807, 2.05) is 0 Å². The molecule has 10 heteroatoms. The number of hydrogen-bond acceptors (Lipinski definition) is 7. The average molecular weight is 398 g/mol. The molecule has 1 aliphatic rings. The number of esters is 1. The van der Waals surface area contributed by atoms with E-state index in [1.165, 1.54) is 7.11 Å². The number of ether oxygens (including phenoxy) is 2. The molecule has 2 N–H and O–H groups in total. The fourth-order valence-corrected chi connectivity index (χ4v) is 4.85. The van der Waals surface area contributed by atoms with Crippen LogP contribution in [0.1, 0.15) is 23.7 Å². The lowest BCUT2D eigenvalue weighted by Crippen LogP contribution is -2.48. The summed E-state index contributed by atoms with van der Waals surface area (Å²) in [5, 5.41) is 4.96. The summed E-state index contributed by atoms with van der Waals surface area (Å²) < 4.78 is 32.9. The number of rotatable bonds is 7. The molecule has 1 fully saturated rings. The Morgan fingerprint density at radius 2 is 1.93 bits per heavy atom. The molecule has 2 rings (SSSR count). The Labute approximate surface area is 157 Å². The van der Waals surface area contributed by atoms with Crippen LogP contribution in [0.2, 0.25) is 0 Å². The highest BCUT2D eigenvalue weighted by atomic mass is 32.2. The fraction of sp³-hybridized carbons (Fsp3) is 0.471. The lowest BCUT2D eigenvalue weighted by atomic mass is 10.0. The lowest BCUT2D eigenvalue weighted by molar-refractivity contribution is -0.147. The van der Waals surface area contributed by atoms with E-state index in [-0.39, 0.29) is 17.1 Å². The fourth-order valence-electron chi connectivity index (χ4n) is 2.76. The van der Waals surface area contributed by atoms with Gasteiger partial charge in [-0.1, -0.05) is 12.1 Å². The van der Waals surface area contributed by atoms with Crippen LogP contribution in [0, 0.1) is 0 Å². The van der Waals surface area contributed by atoms with Crippen LogP contribution in [-0.4, -0.2) is 63.5 Å². The molecule has 0 aliphatic carbocycles. The van der Waals surface area contributed by atoms with E-state index in [2.05, 4.69) is 10.6 Å². The summed E-state index contributed by atoms with van der Waals surface area (Å²) >= 11 is 0. The third kappa shape index (κ3) is 5.95. The van der Waals surface area contributed by atoms with Crippen molar-refractivity contribution >= 4 is 27.6 Å². The van der Waals surface area contributed by atoms with Crippen LogP contribution in [0.15, 0.2) is 24.3 Å². The van der Waals surface area contributed by atoms with Gasteiger partial charge in [0.1, 0.15) is 12.3 Å². The average Bonchev–Trinajstić information content (AvgIpc) is 2.90. The first-order valence-electron chi connectivity index (χ1n) is 8.22. The van der Waals surface area contributed by atoms with Gasteiger partial charge in [0, 0.05) is 0 Å². The van der Waals surface area contributed by atoms with Crippen LogP contribution in [0.4, 0.5) is 0 Å². The number of para-hydroxylation sites is 1. The van der Waals surface area contributed by atoms with Gasteiger partial charge in [-0.05, 0) is 25.5 Å². The number of benzene rings is 1. The first kappa shape index (κ1) is 20.7. The quantitative estimate of drug-likeness (QED) is 0.602. The molecule has 0 bridgehead atoms. The van der Waals surface area contributed by atoms with Gasteiger partial charge in [-0.15, -0.1) is 0 Å². The summed E-state index contributed by atoms with van der Waals surface area (Å²) in [6.07, 6.45) is 0.310. The van der Waals surface area contributed by atoms with Gasteiger partial charge in [0.2, 0.25) is 0 Å². The zero-order chi connectivity index (χ0) is 20.1. The molecule has 9 nitrogen and oxygen atoms in total. The highest BCUT2D eigenvalue weighted by Gasteiger charge is 2.39. The maximum absolute atomic E-state index is 12.1. The third-order valence-electron chi connectivity index (χ3n) is 4.05. The maximum Gasteiger partial charge on any atom is 0.325 e. The van der Waals surface area contributed by atoms with E-state index in [0.29, 0.717) is 12.2 Å². The first-order valence-corrected chi connectivity index (χ1v) is 10.0. The Morgan fingerprint density at radius 3 is 2.56 bits per heavy atom. The highest BCUT2D eigenvalue weighted by Crippen LogP contribution is 2.22. The van der Waals surface area contributed by atoms with Gasteiger partial charge < -0.3 is 20.1 Å². The van der Waals surface area contributed by atoms with Crippen molar-refractivity contribution in [2.24, 2.45) is 0 Å². The van der Waals surface area contributed by atoms with Crippen molar-refractivity contribution in [1.29, 1.82) is 0 Å². The Balaban J connectivity index is 1.76. The second-order valence-corrected chi connectivity index (χ2v) is 8.68. The van der Waals surface area contributed by atoms with E-state index < -0.39 is 46.3 Å². The van der Waals surface area contributed by atoms with Crippen molar-refractivity contribution in [2.45, 2.75) is 18.9 Å². The molecule has 1 aliphatic heterocycles. The molecule has 0 radical (unpaired) electrons. The third-order valence-corrected chi connectivity index (χ3v) is 5.96. The maximum atomic E-state index is 12.1. The second kappa shape index (κ2) is 8.38. The summed E-state index contributed by atoms with van der Waals surface area (Å²) in [6.45, 7) is 0.652. The van der Waals surface area contributed by atoms with Gasteiger partial charge in [-0.25, -0.2) is 8.42 Å². The number of carbonyl (C=O) groups is 3. The Kier molecular flexibility index (Phi) is 6.42. The van der Waals surface area contributed by atoms with Gasteiger partial charge >= 0.3 is 5.97 Å². The van der Waals surface area contributed by atoms with Crippen molar-refractivity contribution in [3.05, 3.63) is 29.8 Å². The van der Waals surface area contributed by atoms with Crippen LogP contribution in [0.5, 0.6) is 5.75 Å². The molecular weight excluding hydrogens is 376 g/mol. The molecule has 0 aromatic heterocycles. The number of nitrogens with one attached hydrogen (secondary N) is 2. The predicted octanol–water partition coefficient (Wildman–Crippen LogP) is -0.338. The van der Waals surface area contributed by atoms with Crippen LogP contribution in [0.25, 0.3) is 0 Å². The molecule has 0 saturated carbocycles. The monoisotopic (exact) mass is 398 g/mol. The minimum absolute atomic E-state index is 0.0124. The molecular formula is C17H22N2O7S. The number of sulfone groups is 1. The van der Waals surface area contributed by atoms with Gasteiger partial charge in [0.15, 0.2) is 16.4 Å². The summed E-state index contributed by atoms with van der Waals surface area (Å²) in [5.41, 5.74) is -0.596. The van der Waals surface area contributed by atoms with E-state index in [0.717, 1.165) is 0 Å². The van der Waals surface area contributed by atoms with Crippen LogP contribution in [-0.2, 0) is 24.2 Å². The first-order chi connectivity index (χ1) is 12.6. The summed E-state index contributed by atoms with van der Waals surface area (Å²) in [6, 6.07) is 6.52. The summed E-state index contributed by atoms with van der Waals surface area (Å²) in [7, 11) is -1.74. The Morgan fingerprint density at radius 1 is 1.22 bits per heavy atom. The Hall–Kier alpha value is -2.62. The number of methoxy groups -OCH3 is 1. The molecule has 0 unspecified atom stereocenters. The standard InChI is InChI=1S/C17H22N2O7S/c1-17(7-8-27(23,24)11-17)19-14(20)10-26-15(21)9-18-16(22)12-5-3-4-6-13(12)25-2/h3-6H,7-11H2,1-2H3,(H,18,22)(H,19,20)/t17-/m0/s1. The van der Waals surface area contributed by atoms with Gasteiger partial charge in [-0.2, -0.15) is 0 Å². The topological polar surface area (TPSA) is 128 Å². The van der Waals surface area contributed by atoms with Gasteiger partial charge in [-0.3, -0.25) is 14.4 Å². The van der Waals surface area contributed by atoms with E-state index in [4.69, 9.17) is 9.47 Å². The summed E-state index contributed by atoms with van der Waals surface area (Å²) in [4.78, 5) is 35.7. The van der Waals surface area contributed by atoms with Crippen molar-refractivity contribution in [2.75, 3.05) is 31.8 Å². The van der Waals surface area contributed by atoms with Gasteiger partial charge in [0.25, 0.3) is 11.8 Å². The van der Waals surface area contributed by atoms with Gasteiger partial charge in [0.05, 0.1) is 29.7 Å². The minimum Gasteiger partial charge on any atom is -0.496 e. The lowest BCUT2D eigenvalue weighted by Gasteiger charge is -2.23. The molecule has 1 atom stereocenters. The number of carbonyl (C=O) groups excluding carboxylic acids is 3. The minimum atomic E-state index is -3.16. The van der Waals surface area contributed by atoms with E-state index in [9.17, 15) is 22.8 Å². The molecule has 27 heavy (non-hydrogen) atoms. The smallest absolute Gasteiger partial charge is 0.325 e.